The minimum Gasteiger partial charge on any atom is -0.477 e. The van der Waals surface area contributed by atoms with Gasteiger partial charge in [0.05, 0.1) is 12.3 Å². The fourth-order valence-corrected chi connectivity index (χ4v) is 0.889. The quantitative estimate of drug-likeness (QED) is 0.682. The maximum Gasteiger partial charge on any atom is 0.233 e. The molecule has 72 valence electrons. The van der Waals surface area contributed by atoms with Gasteiger partial charge in [0, 0.05) is 6.07 Å². The van der Waals surface area contributed by atoms with E-state index >= 15 is 0 Å². The van der Waals surface area contributed by atoms with Crippen molar-refractivity contribution >= 4 is 0 Å². The standard InChI is InChI=1S/C9H15N3O/c1-8-4-5-9(12-11-8)13-7-3-6-10-2/h4-5,10H,3,6-7H2,1-2H3. The Balaban J connectivity index is 2.25. The van der Waals surface area contributed by atoms with Crippen LogP contribution in [0.3, 0.4) is 0 Å². The SMILES string of the molecule is CNCCCOc1ccc(C)nn1. The number of ether oxygens (including phenoxy) is 1. The number of hydrogen-bond acceptors (Lipinski definition) is 4. The summed E-state index contributed by atoms with van der Waals surface area (Å²) in [4.78, 5) is 0. The van der Waals surface area contributed by atoms with Gasteiger partial charge in [-0.1, -0.05) is 0 Å². The highest BCUT2D eigenvalue weighted by atomic mass is 16.5. The highest BCUT2D eigenvalue weighted by Gasteiger charge is 1.94. The van der Waals surface area contributed by atoms with E-state index in [0.29, 0.717) is 12.5 Å². The minimum atomic E-state index is 0.599. The maximum absolute atomic E-state index is 5.35. The van der Waals surface area contributed by atoms with Crippen LogP contribution in [0, 0.1) is 6.92 Å². The first-order valence-electron chi connectivity index (χ1n) is 4.40. The van der Waals surface area contributed by atoms with E-state index in [1.54, 1.807) is 0 Å². The van der Waals surface area contributed by atoms with E-state index in [-0.39, 0.29) is 0 Å². The highest BCUT2D eigenvalue weighted by molar-refractivity contribution is 5.09. The van der Waals surface area contributed by atoms with Gasteiger partial charge in [0.1, 0.15) is 0 Å². The van der Waals surface area contributed by atoms with Crippen LogP contribution in [0.2, 0.25) is 0 Å². The average Bonchev–Trinajstić information content (AvgIpc) is 2.15. The summed E-state index contributed by atoms with van der Waals surface area (Å²) in [6, 6.07) is 3.72. The van der Waals surface area contributed by atoms with Gasteiger partial charge in [0.15, 0.2) is 0 Å². The summed E-state index contributed by atoms with van der Waals surface area (Å²) in [5.74, 6) is 0.599. The van der Waals surface area contributed by atoms with Crippen molar-refractivity contribution in [2.45, 2.75) is 13.3 Å². The van der Waals surface area contributed by atoms with Crippen LogP contribution >= 0.6 is 0 Å². The van der Waals surface area contributed by atoms with Gasteiger partial charge >= 0.3 is 0 Å². The third kappa shape index (κ3) is 3.85. The molecule has 0 bridgehead atoms. The van der Waals surface area contributed by atoms with Gasteiger partial charge < -0.3 is 10.1 Å². The summed E-state index contributed by atoms with van der Waals surface area (Å²) in [5, 5.41) is 10.8. The monoisotopic (exact) mass is 181 g/mol. The number of nitrogens with zero attached hydrogens (tertiary/aromatic N) is 2. The second-order valence-electron chi connectivity index (χ2n) is 2.82. The summed E-state index contributed by atoms with van der Waals surface area (Å²) in [6.45, 7) is 3.54. The Kier molecular flexibility index (Phi) is 4.18. The van der Waals surface area contributed by atoms with Crippen LogP contribution in [0.15, 0.2) is 12.1 Å². The lowest BCUT2D eigenvalue weighted by molar-refractivity contribution is 0.294. The van der Waals surface area contributed by atoms with Crippen molar-refractivity contribution in [3.8, 4) is 5.88 Å². The molecule has 0 saturated heterocycles. The van der Waals surface area contributed by atoms with E-state index in [9.17, 15) is 0 Å². The Morgan fingerprint density at radius 2 is 2.23 bits per heavy atom. The van der Waals surface area contributed by atoms with E-state index in [4.69, 9.17) is 4.74 Å². The first-order valence-corrected chi connectivity index (χ1v) is 4.40. The third-order valence-electron chi connectivity index (χ3n) is 1.59. The van der Waals surface area contributed by atoms with Crippen LogP contribution in [0.25, 0.3) is 0 Å². The van der Waals surface area contributed by atoms with Crippen molar-refractivity contribution < 1.29 is 4.74 Å². The zero-order chi connectivity index (χ0) is 9.52. The third-order valence-corrected chi connectivity index (χ3v) is 1.59. The Morgan fingerprint density at radius 1 is 1.38 bits per heavy atom. The van der Waals surface area contributed by atoms with Crippen LogP contribution in [-0.4, -0.2) is 30.4 Å². The highest BCUT2D eigenvalue weighted by Crippen LogP contribution is 2.03. The van der Waals surface area contributed by atoms with Gasteiger partial charge in [-0.2, -0.15) is 5.10 Å². The molecule has 1 rings (SSSR count). The second-order valence-corrected chi connectivity index (χ2v) is 2.82. The molecule has 1 N–H and O–H groups in total. The van der Waals surface area contributed by atoms with Crippen molar-refractivity contribution in [2.75, 3.05) is 20.2 Å². The number of aromatic nitrogens is 2. The predicted molar refractivity (Wildman–Crippen MR) is 50.8 cm³/mol. The second kappa shape index (κ2) is 5.48. The van der Waals surface area contributed by atoms with Crippen molar-refractivity contribution in [3.05, 3.63) is 17.8 Å². The van der Waals surface area contributed by atoms with Gasteiger partial charge in [-0.25, -0.2) is 0 Å². The molecule has 0 fully saturated rings. The number of aryl methyl sites for hydroxylation is 1. The molecule has 0 spiro atoms. The summed E-state index contributed by atoms with van der Waals surface area (Å²) < 4.78 is 5.35. The lowest BCUT2D eigenvalue weighted by Crippen LogP contribution is -2.12. The zero-order valence-electron chi connectivity index (χ0n) is 8.08. The van der Waals surface area contributed by atoms with E-state index in [0.717, 1.165) is 18.7 Å². The first-order chi connectivity index (χ1) is 6.33. The maximum atomic E-state index is 5.35. The minimum absolute atomic E-state index is 0.599. The molecule has 0 atom stereocenters. The molecule has 4 heteroatoms. The van der Waals surface area contributed by atoms with Crippen molar-refractivity contribution in [2.24, 2.45) is 0 Å². The van der Waals surface area contributed by atoms with Crippen molar-refractivity contribution in [3.63, 3.8) is 0 Å². The molecule has 0 saturated carbocycles. The summed E-state index contributed by atoms with van der Waals surface area (Å²) in [7, 11) is 1.92. The first kappa shape index (κ1) is 9.92. The largest absolute Gasteiger partial charge is 0.477 e. The topological polar surface area (TPSA) is 47.0 Å². The van der Waals surface area contributed by atoms with Gasteiger partial charge in [-0.3, -0.25) is 0 Å². The zero-order valence-corrected chi connectivity index (χ0v) is 8.08. The molecule has 4 nitrogen and oxygen atoms in total. The molecule has 0 aliphatic carbocycles. The molecular weight excluding hydrogens is 166 g/mol. The molecule has 1 aromatic heterocycles. The molecule has 0 aliphatic heterocycles. The fourth-order valence-electron chi connectivity index (χ4n) is 0.889. The normalized spacial score (nSPS) is 10.0. The molecule has 0 unspecified atom stereocenters. The van der Waals surface area contributed by atoms with E-state index in [1.807, 2.05) is 26.1 Å². The van der Waals surface area contributed by atoms with Crippen molar-refractivity contribution in [1.29, 1.82) is 0 Å². The van der Waals surface area contributed by atoms with Gasteiger partial charge in [-0.05, 0) is 33.0 Å². The van der Waals surface area contributed by atoms with Crippen LogP contribution in [-0.2, 0) is 0 Å². The molecule has 0 amide bonds. The molecule has 0 aliphatic rings. The van der Waals surface area contributed by atoms with Crippen LogP contribution in [0.5, 0.6) is 5.88 Å². The molecule has 13 heavy (non-hydrogen) atoms. The predicted octanol–water partition coefficient (Wildman–Crippen LogP) is 0.773. The van der Waals surface area contributed by atoms with E-state index in [1.165, 1.54) is 0 Å². The van der Waals surface area contributed by atoms with Gasteiger partial charge in [0.2, 0.25) is 5.88 Å². The summed E-state index contributed by atoms with van der Waals surface area (Å²) in [6.07, 6.45) is 0.978. The number of hydrogen-bond donors (Lipinski definition) is 1. The van der Waals surface area contributed by atoms with Gasteiger partial charge in [-0.15, -0.1) is 5.10 Å². The lowest BCUT2D eigenvalue weighted by Gasteiger charge is -2.03. The van der Waals surface area contributed by atoms with E-state index in [2.05, 4.69) is 15.5 Å². The average molecular weight is 181 g/mol. The molecule has 1 heterocycles. The Labute approximate surface area is 78.3 Å². The smallest absolute Gasteiger partial charge is 0.233 e. The van der Waals surface area contributed by atoms with Crippen molar-refractivity contribution in [1.82, 2.24) is 15.5 Å². The summed E-state index contributed by atoms with van der Waals surface area (Å²) in [5.41, 5.74) is 0.905. The molecule has 0 aromatic carbocycles. The van der Waals surface area contributed by atoms with E-state index < -0.39 is 0 Å². The number of rotatable bonds is 5. The Bertz CT molecular complexity index is 235. The molecule has 1 aromatic rings. The Hall–Kier alpha value is -1.16. The molecular formula is C9H15N3O. The Morgan fingerprint density at radius 3 is 2.85 bits per heavy atom. The fraction of sp³-hybridized carbons (Fsp3) is 0.556. The number of nitrogens with one attached hydrogen (secondary N) is 1. The van der Waals surface area contributed by atoms with Crippen LogP contribution in [0.4, 0.5) is 0 Å². The van der Waals surface area contributed by atoms with Crippen LogP contribution < -0.4 is 10.1 Å². The summed E-state index contributed by atoms with van der Waals surface area (Å²) >= 11 is 0. The lowest BCUT2D eigenvalue weighted by atomic mass is 10.4. The van der Waals surface area contributed by atoms with Gasteiger partial charge in [0.25, 0.3) is 0 Å². The van der Waals surface area contributed by atoms with Crippen LogP contribution in [0.1, 0.15) is 12.1 Å². The molecule has 0 radical (unpaired) electrons.